The Balaban J connectivity index is 1.47. The van der Waals surface area contributed by atoms with Crippen molar-refractivity contribution in [3.8, 4) is 5.69 Å². The van der Waals surface area contributed by atoms with Gasteiger partial charge in [0.05, 0.1) is 36.3 Å². The first-order valence-electron chi connectivity index (χ1n) is 9.44. The van der Waals surface area contributed by atoms with E-state index in [1.807, 2.05) is 61.9 Å². The summed E-state index contributed by atoms with van der Waals surface area (Å²) in [4.78, 5) is 12.8. The number of amides is 1. The maximum Gasteiger partial charge on any atom is 0.251 e. The molecule has 3 heterocycles. The minimum Gasteiger partial charge on any atom is -0.379 e. The Bertz CT molecular complexity index is 991. The predicted octanol–water partition coefficient (Wildman–Crippen LogP) is 2.77. The molecule has 1 fully saturated rings. The molecule has 0 unspecified atom stereocenters. The quantitative estimate of drug-likeness (QED) is 0.736. The number of hydrogen-bond donors (Lipinski definition) is 1. The summed E-state index contributed by atoms with van der Waals surface area (Å²) < 4.78 is 12.8. The Hall–Kier alpha value is -2.93. The number of hydrogen-bond acceptors (Lipinski definition) is 5. The molecule has 7 heteroatoms. The van der Waals surface area contributed by atoms with E-state index in [9.17, 15) is 4.79 Å². The zero-order valence-electron chi connectivity index (χ0n) is 16.3. The maximum absolute atomic E-state index is 12.8. The van der Waals surface area contributed by atoms with E-state index >= 15 is 0 Å². The zero-order chi connectivity index (χ0) is 19.7. The molecule has 28 heavy (non-hydrogen) atoms. The highest BCUT2D eigenvalue weighted by molar-refractivity contribution is 5.95. The van der Waals surface area contributed by atoms with Gasteiger partial charge in [0.25, 0.3) is 5.91 Å². The van der Waals surface area contributed by atoms with Crippen molar-refractivity contribution in [2.75, 3.05) is 13.2 Å². The van der Waals surface area contributed by atoms with E-state index in [0.717, 1.165) is 28.5 Å². The Morgan fingerprint density at radius 2 is 2.04 bits per heavy atom. The largest absolute Gasteiger partial charge is 0.379 e. The highest BCUT2D eigenvalue weighted by atomic mass is 16.5. The Kier molecular flexibility index (Phi) is 5.00. The van der Waals surface area contributed by atoms with Crippen molar-refractivity contribution in [2.45, 2.75) is 33.2 Å². The van der Waals surface area contributed by atoms with Gasteiger partial charge in [0.15, 0.2) is 0 Å². The van der Waals surface area contributed by atoms with Gasteiger partial charge in [-0.1, -0.05) is 11.2 Å². The van der Waals surface area contributed by atoms with Crippen LogP contribution in [0.15, 0.2) is 40.9 Å². The number of carbonyl (C=O) groups excluding carboxylic acids is 1. The molecule has 4 rings (SSSR count). The number of benzene rings is 1. The number of rotatable bonds is 5. The molecule has 1 aliphatic rings. The van der Waals surface area contributed by atoms with Gasteiger partial charge in [-0.3, -0.25) is 4.79 Å². The number of ether oxygens (including phenoxy) is 1. The van der Waals surface area contributed by atoms with Gasteiger partial charge in [-0.05, 0) is 45.0 Å². The number of aryl methyl sites for hydroxylation is 3. The molecule has 0 saturated carbocycles. The summed E-state index contributed by atoms with van der Waals surface area (Å²) in [5.41, 5.74) is 4.30. The fourth-order valence-electron chi connectivity index (χ4n) is 3.65. The lowest BCUT2D eigenvalue weighted by molar-refractivity contribution is 0.0924. The van der Waals surface area contributed by atoms with Crippen molar-refractivity contribution in [1.82, 2.24) is 20.3 Å². The van der Waals surface area contributed by atoms with Crippen molar-refractivity contribution >= 4 is 5.91 Å². The minimum atomic E-state index is -0.113. The van der Waals surface area contributed by atoms with Crippen LogP contribution in [0.1, 0.15) is 33.2 Å². The van der Waals surface area contributed by atoms with E-state index in [2.05, 4.69) is 15.6 Å². The van der Waals surface area contributed by atoms with Gasteiger partial charge in [0.1, 0.15) is 5.76 Å². The molecular weight excluding hydrogens is 356 g/mol. The summed E-state index contributed by atoms with van der Waals surface area (Å²) in [6, 6.07) is 11.4. The third-order valence-corrected chi connectivity index (χ3v) is 5.02. The van der Waals surface area contributed by atoms with Crippen LogP contribution in [0.2, 0.25) is 0 Å². The van der Waals surface area contributed by atoms with Crippen LogP contribution in [0.25, 0.3) is 5.69 Å². The topological polar surface area (TPSA) is 82.2 Å². The second kappa shape index (κ2) is 7.59. The fraction of sp³-hybridized carbons (Fsp3) is 0.381. The lowest BCUT2D eigenvalue weighted by atomic mass is 9.97. The molecule has 1 amide bonds. The lowest BCUT2D eigenvalue weighted by Crippen LogP contribution is -2.40. The Morgan fingerprint density at radius 1 is 1.18 bits per heavy atom. The highest BCUT2D eigenvalue weighted by Crippen LogP contribution is 2.21. The summed E-state index contributed by atoms with van der Waals surface area (Å²) in [5, 5.41) is 11.5. The third kappa shape index (κ3) is 3.84. The second-order valence-electron chi connectivity index (χ2n) is 7.41. The second-order valence-corrected chi connectivity index (χ2v) is 7.41. The van der Waals surface area contributed by atoms with E-state index < -0.39 is 0 Å². The first-order chi connectivity index (χ1) is 13.5. The summed E-state index contributed by atoms with van der Waals surface area (Å²) in [6.07, 6.45) is 0.692. The average molecular weight is 380 g/mol. The molecule has 0 radical (unpaired) electrons. The molecule has 146 valence electrons. The Morgan fingerprint density at radius 3 is 2.75 bits per heavy atom. The molecule has 0 aliphatic carbocycles. The Labute approximate surface area is 163 Å². The molecule has 2 atom stereocenters. The van der Waals surface area contributed by atoms with Gasteiger partial charge in [-0.25, -0.2) is 4.68 Å². The van der Waals surface area contributed by atoms with Crippen LogP contribution in [0.3, 0.4) is 0 Å². The van der Waals surface area contributed by atoms with Gasteiger partial charge in [0.2, 0.25) is 0 Å². The van der Waals surface area contributed by atoms with Gasteiger partial charge >= 0.3 is 0 Å². The van der Waals surface area contributed by atoms with Crippen molar-refractivity contribution in [1.29, 1.82) is 0 Å². The van der Waals surface area contributed by atoms with Crippen LogP contribution >= 0.6 is 0 Å². The number of carbonyl (C=O) groups is 1. The summed E-state index contributed by atoms with van der Waals surface area (Å²) >= 11 is 0. The predicted molar refractivity (Wildman–Crippen MR) is 104 cm³/mol. The van der Waals surface area contributed by atoms with Crippen molar-refractivity contribution in [3.63, 3.8) is 0 Å². The third-order valence-electron chi connectivity index (χ3n) is 5.02. The zero-order valence-corrected chi connectivity index (χ0v) is 16.3. The van der Waals surface area contributed by atoms with Crippen LogP contribution in [0.4, 0.5) is 0 Å². The first kappa shape index (κ1) is 18.4. The molecule has 3 aromatic rings. The molecule has 1 saturated heterocycles. The molecule has 7 nitrogen and oxygen atoms in total. The van der Waals surface area contributed by atoms with Crippen LogP contribution in [-0.4, -0.2) is 40.1 Å². The van der Waals surface area contributed by atoms with Crippen molar-refractivity contribution < 1.29 is 14.1 Å². The SMILES string of the molecule is Cc1cc(C[C@@H]2COC[C@@H]2NC(=O)c2cccc(-n3nc(C)cc3C)c2)on1. The van der Waals surface area contributed by atoms with E-state index in [-0.39, 0.29) is 17.9 Å². The standard InChI is InChI=1S/C21H24N4O3/c1-13-7-15(3)25(23-13)18-6-4-5-16(9-18)21(26)22-20-12-27-11-17(20)10-19-8-14(2)24-28-19/h4-9,17,20H,10-12H2,1-3H3,(H,22,26)/t17-,20+/m1/s1. The normalized spacial score (nSPS) is 19.1. The molecule has 1 aromatic carbocycles. The smallest absolute Gasteiger partial charge is 0.251 e. The minimum absolute atomic E-state index is 0.0600. The number of nitrogens with zero attached hydrogens (tertiary/aromatic N) is 3. The van der Waals surface area contributed by atoms with E-state index in [1.165, 1.54) is 0 Å². The van der Waals surface area contributed by atoms with Crippen molar-refractivity contribution in [3.05, 3.63) is 64.8 Å². The average Bonchev–Trinajstić information content (AvgIpc) is 3.37. The molecule has 2 aromatic heterocycles. The van der Waals surface area contributed by atoms with Gasteiger partial charge in [-0.2, -0.15) is 5.10 Å². The fourth-order valence-corrected chi connectivity index (χ4v) is 3.65. The van der Waals surface area contributed by atoms with Gasteiger partial charge in [0, 0.05) is 29.7 Å². The summed E-state index contributed by atoms with van der Waals surface area (Å²) in [5.74, 6) is 0.867. The molecule has 0 spiro atoms. The van der Waals surface area contributed by atoms with Crippen LogP contribution in [-0.2, 0) is 11.2 Å². The van der Waals surface area contributed by atoms with Crippen molar-refractivity contribution in [2.24, 2.45) is 5.92 Å². The maximum atomic E-state index is 12.8. The lowest BCUT2D eigenvalue weighted by Gasteiger charge is -2.18. The summed E-state index contributed by atoms with van der Waals surface area (Å²) in [7, 11) is 0. The van der Waals surface area contributed by atoms with E-state index in [4.69, 9.17) is 9.26 Å². The first-order valence-corrected chi connectivity index (χ1v) is 9.44. The summed E-state index contributed by atoms with van der Waals surface area (Å²) in [6.45, 7) is 6.94. The monoisotopic (exact) mass is 380 g/mol. The highest BCUT2D eigenvalue weighted by Gasteiger charge is 2.31. The number of nitrogens with one attached hydrogen (secondary N) is 1. The van der Waals surface area contributed by atoms with Gasteiger partial charge < -0.3 is 14.6 Å². The molecular formula is C21H24N4O3. The molecule has 1 N–H and O–H groups in total. The van der Waals surface area contributed by atoms with Crippen LogP contribution in [0, 0.1) is 26.7 Å². The van der Waals surface area contributed by atoms with Crippen LogP contribution in [0.5, 0.6) is 0 Å². The molecule has 0 bridgehead atoms. The van der Waals surface area contributed by atoms with Crippen LogP contribution < -0.4 is 5.32 Å². The van der Waals surface area contributed by atoms with E-state index in [1.54, 1.807) is 0 Å². The number of aromatic nitrogens is 3. The van der Waals surface area contributed by atoms with Gasteiger partial charge in [-0.15, -0.1) is 0 Å². The molecule has 1 aliphatic heterocycles. The van der Waals surface area contributed by atoms with E-state index in [0.29, 0.717) is 25.2 Å².